The topological polar surface area (TPSA) is 82.4 Å². The molecule has 0 fully saturated rings. The van der Waals surface area contributed by atoms with Crippen molar-refractivity contribution in [3.63, 3.8) is 0 Å². The van der Waals surface area contributed by atoms with Crippen molar-refractivity contribution in [1.29, 1.82) is 0 Å². The molecule has 0 saturated carbocycles. The molecule has 2 aromatic carbocycles. The molecular weight excluding hydrogens is 466 g/mol. The van der Waals surface area contributed by atoms with Gasteiger partial charge in [0.05, 0.1) is 14.2 Å². The van der Waals surface area contributed by atoms with Crippen LogP contribution in [-0.4, -0.2) is 42.7 Å². The van der Waals surface area contributed by atoms with Crippen molar-refractivity contribution in [3.8, 4) is 11.5 Å². The number of methoxy groups -OCH3 is 2. The maximum absolute atomic E-state index is 11.9. The number of aromatic nitrogens is 2. The highest BCUT2D eigenvalue weighted by Gasteiger charge is 2.11. The Morgan fingerprint density at radius 1 is 0.946 bits per heavy atom. The number of hydrogen-bond donors (Lipinski definition) is 1. The fraction of sp³-hybridized carbons (Fsp3) is 0.300. The predicted octanol–water partition coefficient (Wildman–Crippen LogP) is 6.12. The van der Waals surface area contributed by atoms with Crippen molar-refractivity contribution in [1.82, 2.24) is 15.1 Å². The third kappa shape index (κ3) is 8.20. The third-order valence-corrected chi connectivity index (χ3v) is 5.49. The van der Waals surface area contributed by atoms with Crippen LogP contribution in [0.25, 0.3) is 11.8 Å². The van der Waals surface area contributed by atoms with Gasteiger partial charge in [0.1, 0.15) is 5.69 Å². The Morgan fingerprint density at radius 3 is 2.11 bits per heavy atom. The van der Waals surface area contributed by atoms with E-state index in [-0.39, 0.29) is 11.7 Å². The lowest BCUT2D eigenvalue weighted by molar-refractivity contribution is 0.0960. The van der Waals surface area contributed by atoms with Gasteiger partial charge in [0.25, 0.3) is 5.91 Å². The van der Waals surface area contributed by atoms with Crippen LogP contribution in [0.2, 0.25) is 0 Å². The molecule has 0 bridgehead atoms. The molecule has 3 rings (SSSR count). The molecule has 0 radical (unpaired) electrons. The second-order valence-electron chi connectivity index (χ2n) is 8.71. The first-order valence-electron chi connectivity index (χ1n) is 12.1. The highest BCUT2D eigenvalue weighted by Crippen LogP contribution is 2.31. The van der Waals surface area contributed by atoms with E-state index in [0.717, 1.165) is 28.0 Å². The Hall–Kier alpha value is -4.13. The minimum atomic E-state index is -0.0370. The molecule has 1 amide bonds. The lowest BCUT2D eigenvalue weighted by Gasteiger charge is -2.11. The van der Waals surface area contributed by atoms with Gasteiger partial charge in [-0.05, 0) is 63.6 Å². The first kappa shape index (κ1) is 29.1. The number of benzene rings is 2. The van der Waals surface area contributed by atoms with Crippen molar-refractivity contribution >= 4 is 23.5 Å². The number of nitrogens with one attached hydrogen (secondary N) is 1. The van der Waals surface area contributed by atoms with Gasteiger partial charge in [0.2, 0.25) is 0 Å². The van der Waals surface area contributed by atoms with E-state index in [4.69, 9.17) is 9.47 Å². The van der Waals surface area contributed by atoms with Crippen molar-refractivity contribution in [2.24, 2.45) is 0 Å². The summed E-state index contributed by atoms with van der Waals surface area (Å²) in [6.45, 7) is 9.84. The summed E-state index contributed by atoms with van der Waals surface area (Å²) in [6.07, 6.45) is 4.44. The van der Waals surface area contributed by atoms with Crippen molar-refractivity contribution in [3.05, 3.63) is 88.3 Å². The van der Waals surface area contributed by atoms with E-state index in [9.17, 15) is 9.59 Å². The Morgan fingerprint density at radius 2 is 1.57 bits per heavy atom. The van der Waals surface area contributed by atoms with Crippen LogP contribution in [0.3, 0.4) is 0 Å². The van der Waals surface area contributed by atoms with Crippen LogP contribution < -0.4 is 14.8 Å². The highest BCUT2D eigenvalue weighted by atomic mass is 16.5. The van der Waals surface area contributed by atoms with Crippen molar-refractivity contribution in [2.45, 2.75) is 41.0 Å². The number of nitrogens with zero attached hydrogens (tertiary/aromatic N) is 2. The standard InChI is InChI=1S/C21H26N2O3.C9H11NO/c1-7-19(24)18-11-15(4)23(22-18)13-17(10-14(2)3)16-8-9-20(25-5)21(12-16)26-6;1-7-3-5-8(6-4-7)9(11)10-2/h8-13H,7H2,1-6H3;3-6H,1-2H3,(H,10,11)/b17-13+;. The fourth-order valence-electron chi connectivity index (χ4n) is 3.44. The maximum Gasteiger partial charge on any atom is 0.251 e. The summed E-state index contributed by atoms with van der Waals surface area (Å²) in [4.78, 5) is 22.9. The molecule has 0 spiro atoms. The molecule has 0 unspecified atom stereocenters. The van der Waals surface area contributed by atoms with Gasteiger partial charge >= 0.3 is 0 Å². The number of ether oxygens (including phenoxy) is 2. The number of ketones is 1. The zero-order chi connectivity index (χ0) is 27.5. The molecule has 37 heavy (non-hydrogen) atoms. The number of allylic oxidation sites excluding steroid dienone is 3. The molecular formula is C30H37N3O4. The number of rotatable bonds is 8. The van der Waals surface area contributed by atoms with Crippen LogP contribution in [0.1, 0.15) is 64.9 Å². The van der Waals surface area contributed by atoms with E-state index in [1.54, 1.807) is 25.9 Å². The molecule has 1 aromatic heterocycles. The normalized spacial score (nSPS) is 10.6. The minimum Gasteiger partial charge on any atom is -0.493 e. The van der Waals surface area contributed by atoms with E-state index in [0.29, 0.717) is 29.2 Å². The van der Waals surface area contributed by atoms with Crippen LogP contribution in [0, 0.1) is 13.8 Å². The zero-order valence-electron chi connectivity index (χ0n) is 23.0. The second-order valence-corrected chi connectivity index (χ2v) is 8.71. The van der Waals surface area contributed by atoms with Crippen LogP contribution in [-0.2, 0) is 0 Å². The summed E-state index contributed by atoms with van der Waals surface area (Å²) in [5, 5.41) is 7.00. The summed E-state index contributed by atoms with van der Waals surface area (Å²) >= 11 is 0. The van der Waals surface area contributed by atoms with E-state index in [1.807, 2.05) is 89.3 Å². The third-order valence-electron chi connectivity index (χ3n) is 5.49. The Bertz CT molecular complexity index is 1280. The van der Waals surface area contributed by atoms with Gasteiger partial charge in [0.15, 0.2) is 17.3 Å². The van der Waals surface area contributed by atoms with Crippen LogP contribution >= 0.6 is 0 Å². The van der Waals surface area contributed by atoms with Crippen molar-refractivity contribution in [2.75, 3.05) is 21.3 Å². The Kier molecular flexibility index (Phi) is 10.9. The molecule has 1 N–H and O–H groups in total. The lowest BCUT2D eigenvalue weighted by Crippen LogP contribution is -2.17. The van der Waals surface area contributed by atoms with Gasteiger partial charge < -0.3 is 14.8 Å². The molecule has 0 aliphatic rings. The predicted molar refractivity (Wildman–Crippen MR) is 149 cm³/mol. The summed E-state index contributed by atoms with van der Waals surface area (Å²) in [5.74, 6) is 1.34. The second kappa shape index (κ2) is 13.8. The van der Waals surface area contributed by atoms with E-state index in [2.05, 4.69) is 16.5 Å². The zero-order valence-corrected chi connectivity index (χ0v) is 23.0. The summed E-state index contributed by atoms with van der Waals surface area (Å²) < 4.78 is 12.5. The fourth-order valence-corrected chi connectivity index (χ4v) is 3.44. The smallest absolute Gasteiger partial charge is 0.251 e. The number of amides is 1. The first-order valence-corrected chi connectivity index (χ1v) is 12.1. The van der Waals surface area contributed by atoms with Gasteiger partial charge in [0, 0.05) is 36.5 Å². The lowest BCUT2D eigenvalue weighted by atomic mass is 10.0. The van der Waals surface area contributed by atoms with E-state index < -0.39 is 0 Å². The molecule has 0 aliphatic heterocycles. The minimum absolute atomic E-state index is 0.0370. The molecule has 196 valence electrons. The molecule has 0 atom stereocenters. The summed E-state index contributed by atoms with van der Waals surface area (Å²) in [7, 11) is 4.86. The number of aryl methyl sites for hydroxylation is 2. The average Bonchev–Trinajstić information content (AvgIpc) is 3.27. The van der Waals surface area contributed by atoms with Crippen LogP contribution in [0.5, 0.6) is 11.5 Å². The summed E-state index contributed by atoms with van der Waals surface area (Å²) in [6, 6.07) is 15.1. The van der Waals surface area contributed by atoms with Gasteiger partial charge in [-0.3, -0.25) is 9.59 Å². The number of Topliss-reactive ketones (excluding diaryl/α,β-unsaturated/α-hetero) is 1. The largest absolute Gasteiger partial charge is 0.493 e. The van der Waals surface area contributed by atoms with Gasteiger partial charge in [-0.15, -0.1) is 0 Å². The van der Waals surface area contributed by atoms with Gasteiger partial charge in [-0.2, -0.15) is 5.10 Å². The number of carbonyl (C=O) groups excluding carboxylic acids is 2. The molecule has 7 nitrogen and oxygen atoms in total. The van der Waals surface area contributed by atoms with Crippen molar-refractivity contribution < 1.29 is 19.1 Å². The van der Waals surface area contributed by atoms with E-state index in [1.165, 1.54) is 0 Å². The number of hydrogen-bond acceptors (Lipinski definition) is 5. The SMILES string of the molecule is CCC(=O)c1cc(C)n(/C=C(\C=C(C)C)c2ccc(OC)c(OC)c2)n1.CNC(=O)c1ccc(C)cc1. The molecule has 7 heteroatoms. The number of carbonyl (C=O) groups is 2. The quantitative estimate of drug-likeness (QED) is 0.296. The van der Waals surface area contributed by atoms with E-state index >= 15 is 0 Å². The Labute approximate surface area is 219 Å². The highest BCUT2D eigenvalue weighted by molar-refractivity contribution is 5.94. The van der Waals surface area contributed by atoms with Gasteiger partial charge in [-0.25, -0.2) is 4.68 Å². The molecule has 3 aromatic rings. The van der Waals surface area contributed by atoms with Crippen LogP contribution in [0.4, 0.5) is 0 Å². The molecule has 0 saturated heterocycles. The molecule has 1 heterocycles. The van der Waals surface area contributed by atoms with Crippen LogP contribution in [0.15, 0.2) is 60.2 Å². The maximum atomic E-state index is 11.9. The average molecular weight is 504 g/mol. The first-order chi connectivity index (χ1) is 17.6. The summed E-state index contributed by atoms with van der Waals surface area (Å²) in [5.41, 5.74) is 6.36. The monoisotopic (exact) mass is 503 g/mol. The Balaban J connectivity index is 0.000000364. The molecule has 0 aliphatic carbocycles. The van der Waals surface area contributed by atoms with Gasteiger partial charge in [-0.1, -0.05) is 42.3 Å².